The van der Waals surface area contributed by atoms with Crippen LogP contribution in [0.4, 0.5) is 0 Å². The van der Waals surface area contributed by atoms with Gasteiger partial charge >= 0.3 is 0 Å². The smallest absolute Gasteiger partial charge is 0.0162 e. The van der Waals surface area contributed by atoms with Crippen LogP contribution in [0.2, 0.25) is 0 Å². The highest BCUT2D eigenvalue weighted by molar-refractivity contribution is 5.24. The predicted octanol–water partition coefficient (Wildman–Crippen LogP) is 4.39. The lowest BCUT2D eigenvalue weighted by Crippen LogP contribution is -2.12. The van der Waals surface area contributed by atoms with E-state index < -0.39 is 0 Å². The first-order chi connectivity index (χ1) is 6.52. The van der Waals surface area contributed by atoms with Gasteiger partial charge in [-0.2, -0.15) is 0 Å². The van der Waals surface area contributed by atoms with Gasteiger partial charge in [-0.05, 0) is 30.2 Å². The van der Waals surface area contributed by atoms with Crippen LogP contribution in [0.3, 0.4) is 0 Å². The summed E-state index contributed by atoms with van der Waals surface area (Å²) in [4.78, 5) is 0. The Morgan fingerprint density at radius 3 is 1.79 bits per heavy atom. The highest BCUT2D eigenvalue weighted by atomic mass is 14.2. The minimum Gasteiger partial charge on any atom is -0.0625 e. The van der Waals surface area contributed by atoms with E-state index in [4.69, 9.17) is 0 Å². The van der Waals surface area contributed by atoms with Gasteiger partial charge < -0.3 is 0 Å². The third kappa shape index (κ3) is 2.60. The molecule has 0 heterocycles. The zero-order valence-corrected chi connectivity index (χ0v) is 10.0. The Balaban J connectivity index is 2.78. The number of hydrogen-bond acceptors (Lipinski definition) is 0. The fraction of sp³-hybridized carbons (Fsp3) is 0.571. The van der Waals surface area contributed by atoms with Crippen LogP contribution in [0.25, 0.3) is 0 Å². The average molecular weight is 190 g/mol. The van der Waals surface area contributed by atoms with Gasteiger partial charge in [0.2, 0.25) is 0 Å². The molecule has 1 aromatic carbocycles. The summed E-state index contributed by atoms with van der Waals surface area (Å²) in [7, 11) is 0. The van der Waals surface area contributed by atoms with Crippen molar-refractivity contribution in [3.63, 3.8) is 0 Å². The second-order valence-corrected chi connectivity index (χ2v) is 4.80. The number of hydrogen-bond donors (Lipinski definition) is 0. The summed E-state index contributed by atoms with van der Waals surface area (Å²) in [6.07, 6.45) is 0. The van der Waals surface area contributed by atoms with Crippen LogP contribution >= 0.6 is 0 Å². The summed E-state index contributed by atoms with van der Waals surface area (Å²) in [5, 5.41) is 0. The molecule has 0 fully saturated rings. The number of aryl methyl sites for hydroxylation is 1. The molecule has 2 atom stereocenters. The van der Waals surface area contributed by atoms with E-state index in [1.807, 2.05) is 0 Å². The molecule has 0 aliphatic heterocycles. The van der Waals surface area contributed by atoms with Crippen LogP contribution in [0, 0.1) is 18.8 Å². The van der Waals surface area contributed by atoms with E-state index in [-0.39, 0.29) is 0 Å². The third-order valence-electron chi connectivity index (χ3n) is 3.44. The lowest BCUT2D eigenvalue weighted by molar-refractivity contribution is 0.362. The van der Waals surface area contributed by atoms with Crippen molar-refractivity contribution in [1.82, 2.24) is 0 Å². The van der Waals surface area contributed by atoms with Gasteiger partial charge in [0.1, 0.15) is 0 Å². The predicted molar refractivity (Wildman–Crippen MR) is 63.6 cm³/mol. The number of benzene rings is 1. The minimum atomic E-state index is 0.663. The quantitative estimate of drug-likeness (QED) is 0.663. The Morgan fingerprint density at radius 1 is 0.857 bits per heavy atom. The lowest BCUT2D eigenvalue weighted by atomic mass is 9.82. The van der Waals surface area contributed by atoms with Crippen molar-refractivity contribution in [1.29, 1.82) is 0 Å². The van der Waals surface area contributed by atoms with Gasteiger partial charge in [-0.15, -0.1) is 0 Å². The fourth-order valence-electron chi connectivity index (χ4n) is 1.75. The summed E-state index contributed by atoms with van der Waals surface area (Å²) >= 11 is 0. The maximum Gasteiger partial charge on any atom is -0.0162 e. The first-order valence-corrected chi connectivity index (χ1v) is 5.59. The summed E-state index contributed by atoms with van der Waals surface area (Å²) in [6, 6.07) is 8.94. The van der Waals surface area contributed by atoms with Gasteiger partial charge in [0, 0.05) is 0 Å². The molecule has 0 bridgehead atoms. The molecule has 14 heavy (non-hydrogen) atoms. The average Bonchev–Trinajstić information content (AvgIpc) is 2.16. The van der Waals surface area contributed by atoms with Gasteiger partial charge in [0.25, 0.3) is 0 Å². The van der Waals surface area contributed by atoms with Crippen molar-refractivity contribution >= 4 is 0 Å². The molecular formula is C14H22. The standard InChI is InChI=1S/C14H22/c1-10(2)12(4)13(5)14-8-6-11(3)7-9-14/h6-10,12-13H,1-5H3/t12-,13-/m0/s1. The van der Waals surface area contributed by atoms with Crippen LogP contribution in [0.5, 0.6) is 0 Å². The van der Waals surface area contributed by atoms with Crippen LogP contribution in [-0.2, 0) is 0 Å². The van der Waals surface area contributed by atoms with Gasteiger partial charge in [-0.25, -0.2) is 0 Å². The van der Waals surface area contributed by atoms with Gasteiger partial charge in [0.05, 0.1) is 0 Å². The van der Waals surface area contributed by atoms with Crippen LogP contribution in [0.15, 0.2) is 24.3 Å². The van der Waals surface area contributed by atoms with E-state index in [0.717, 1.165) is 11.8 Å². The molecule has 0 unspecified atom stereocenters. The topological polar surface area (TPSA) is 0 Å². The number of rotatable bonds is 3. The SMILES string of the molecule is Cc1ccc([C@@H](C)[C@@H](C)C(C)C)cc1. The summed E-state index contributed by atoms with van der Waals surface area (Å²) in [5.74, 6) is 2.17. The Morgan fingerprint density at radius 2 is 1.36 bits per heavy atom. The molecule has 0 nitrogen and oxygen atoms in total. The molecule has 78 valence electrons. The lowest BCUT2D eigenvalue weighted by Gasteiger charge is -2.23. The van der Waals surface area contributed by atoms with Crippen molar-refractivity contribution < 1.29 is 0 Å². The monoisotopic (exact) mass is 190 g/mol. The molecule has 0 N–H and O–H groups in total. The van der Waals surface area contributed by atoms with E-state index in [1.165, 1.54) is 11.1 Å². The molecule has 0 radical (unpaired) electrons. The fourth-order valence-corrected chi connectivity index (χ4v) is 1.75. The maximum atomic E-state index is 2.34. The zero-order chi connectivity index (χ0) is 10.7. The van der Waals surface area contributed by atoms with Gasteiger partial charge in [-0.3, -0.25) is 0 Å². The maximum absolute atomic E-state index is 2.34. The zero-order valence-electron chi connectivity index (χ0n) is 10.0. The Hall–Kier alpha value is -0.780. The third-order valence-corrected chi connectivity index (χ3v) is 3.44. The second-order valence-electron chi connectivity index (χ2n) is 4.80. The second kappa shape index (κ2) is 4.63. The van der Waals surface area contributed by atoms with Crippen LogP contribution in [-0.4, -0.2) is 0 Å². The summed E-state index contributed by atoms with van der Waals surface area (Å²) in [5.41, 5.74) is 2.81. The largest absolute Gasteiger partial charge is 0.0625 e. The summed E-state index contributed by atoms with van der Waals surface area (Å²) < 4.78 is 0. The first-order valence-electron chi connectivity index (χ1n) is 5.59. The van der Waals surface area contributed by atoms with Crippen molar-refractivity contribution in [3.8, 4) is 0 Å². The van der Waals surface area contributed by atoms with E-state index >= 15 is 0 Å². The molecule has 0 heteroatoms. The van der Waals surface area contributed by atoms with Gasteiger partial charge in [-0.1, -0.05) is 57.5 Å². The van der Waals surface area contributed by atoms with E-state index in [1.54, 1.807) is 0 Å². The molecule has 1 rings (SSSR count). The molecule has 0 saturated heterocycles. The van der Waals surface area contributed by atoms with E-state index in [2.05, 4.69) is 58.9 Å². The summed E-state index contributed by atoms with van der Waals surface area (Å²) in [6.45, 7) is 11.4. The molecule has 0 amide bonds. The van der Waals surface area contributed by atoms with E-state index in [0.29, 0.717) is 5.92 Å². The minimum absolute atomic E-state index is 0.663. The Kier molecular flexibility index (Phi) is 3.74. The van der Waals surface area contributed by atoms with E-state index in [9.17, 15) is 0 Å². The molecular weight excluding hydrogens is 168 g/mol. The molecule has 0 aliphatic carbocycles. The van der Waals surface area contributed by atoms with Crippen LogP contribution < -0.4 is 0 Å². The molecule has 0 spiro atoms. The molecule has 1 aromatic rings. The van der Waals surface area contributed by atoms with Crippen molar-refractivity contribution in [3.05, 3.63) is 35.4 Å². The molecule has 0 aliphatic rings. The van der Waals surface area contributed by atoms with Crippen molar-refractivity contribution in [2.24, 2.45) is 11.8 Å². The van der Waals surface area contributed by atoms with Crippen LogP contribution in [0.1, 0.15) is 44.7 Å². The van der Waals surface area contributed by atoms with Gasteiger partial charge in [0.15, 0.2) is 0 Å². The first kappa shape index (κ1) is 11.3. The van der Waals surface area contributed by atoms with Crippen molar-refractivity contribution in [2.75, 3.05) is 0 Å². The Labute approximate surface area is 88.4 Å². The molecule has 0 aromatic heterocycles. The van der Waals surface area contributed by atoms with Crippen molar-refractivity contribution in [2.45, 2.75) is 40.5 Å². The normalized spacial score (nSPS) is 15.6. The highest BCUT2D eigenvalue weighted by Gasteiger charge is 2.16. The highest BCUT2D eigenvalue weighted by Crippen LogP contribution is 2.29. The molecule has 0 saturated carbocycles. The Bertz CT molecular complexity index is 269.